The van der Waals surface area contributed by atoms with Gasteiger partial charge in [0.2, 0.25) is 5.91 Å². The maximum Gasteiger partial charge on any atom is 0.240 e. The van der Waals surface area contributed by atoms with Crippen LogP contribution in [0.2, 0.25) is 0 Å². The van der Waals surface area contributed by atoms with Crippen molar-refractivity contribution in [1.82, 2.24) is 15.1 Å². The van der Waals surface area contributed by atoms with E-state index in [2.05, 4.69) is 45.1 Å². The minimum Gasteiger partial charge on any atom is -0.340 e. The van der Waals surface area contributed by atoms with Gasteiger partial charge in [-0.15, -0.1) is 0 Å². The second-order valence-corrected chi connectivity index (χ2v) is 6.18. The molecule has 0 aromatic heterocycles. The number of likely N-dealkylation sites (N-methyl/N-ethyl adjacent to an activating group) is 1. The zero-order chi connectivity index (χ0) is 13.7. The van der Waals surface area contributed by atoms with Crippen LogP contribution in [0.4, 0.5) is 0 Å². The minimum absolute atomic E-state index is 0.0333. The predicted molar refractivity (Wildman–Crippen MR) is 75.5 cm³/mol. The highest BCUT2D eigenvalue weighted by Gasteiger charge is 2.32. The average Bonchev–Trinajstić information content (AvgIpc) is 2.69. The van der Waals surface area contributed by atoms with E-state index in [0.29, 0.717) is 11.8 Å². The number of carbonyl (C=O) groups is 1. The quantitative estimate of drug-likeness (QED) is 0.770. The van der Waals surface area contributed by atoms with Crippen LogP contribution in [0.5, 0.6) is 0 Å². The van der Waals surface area contributed by atoms with Gasteiger partial charge in [0.25, 0.3) is 0 Å². The Kier molecular flexibility index (Phi) is 6.09. The monoisotopic (exact) mass is 255 g/mol. The van der Waals surface area contributed by atoms with E-state index in [1.807, 2.05) is 4.90 Å². The first-order chi connectivity index (χ1) is 8.41. The van der Waals surface area contributed by atoms with Gasteiger partial charge in [-0.25, -0.2) is 0 Å². The highest BCUT2D eigenvalue weighted by Crippen LogP contribution is 2.17. The van der Waals surface area contributed by atoms with Crippen molar-refractivity contribution in [2.45, 2.75) is 33.2 Å². The standard InChI is InChI=1S/C14H29N3O/c1-11(2)10-17(9-8-16(4)5)14(18)13-12(3)6-7-15-13/h11-13,15H,6-10H2,1-5H3. The lowest BCUT2D eigenvalue weighted by molar-refractivity contribution is -0.134. The summed E-state index contributed by atoms with van der Waals surface area (Å²) >= 11 is 0. The third-order valence-corrected chi connectivity index (χ3v) is 3.51. The Hall–Kier alpha value is -0.610. The molecule has 0 aromatic carbocycles. The van der Waals surface area contributed by atoms with E-state index in [0.717, 1.165) is 32.6 Å². The molecule has 0 radical (unpaired) electrons. The van der Waals surface area contributed by atoms with Crippen LogP contribution in [0.15, 0.2) is 0 Å². The van der Waals surface area contributed by atoms with Crippen molar-refractivity contribution in [1.29, 1.82) is 0 Å². The first kappa shape index (κ1) is 15.4. The van der Waals surface area contributed by atoms with Crippen LogP contribution in [-0.2, 0) is 4.79 Å². The molecule has 1 rings (SSSR count). The zero-order valence-electron chi connectivity index (χ0n) is 12.6. The summed E-state index contributed by atoms with van der Waals surface area (Å²) < 4.78 is 0. The Morgan fingerprint density at radius 1 is 1.33 bits per heavy atom. The molecule has 1 saturated heterocycles. The highest BCUT2D eigenvalue weighted by molar-refractivity contribution is 5.82. The zero-order valence-corrected chi connectivity index (χ0v) is 12.6. The lowest BCUT2D eigenvalue weighted by Gasteiger charge is -2.29. The summed E-state index contributed by atoms with van der Waals surface area (Å²) in [6, 6.07) is 0.0333. The van der Waals surface area contributed by atoms with Crippen LogP contribution in [0.3, 0.4) is 0 Å². The minimum atomic E-state index is 0.0333. The molecule has 4 heteroatoms. The molecule has 1 aliphatic heterocycles. The summed E-state index contributed by atoms with van der Waals surface area (Å²) in [5, 5.41) is 3.34. The summed E-state index contributed by atoms with van der Waals surface area (Å²) in [6.45, 7) is 10.1. The summed E-state index contributed by atoms with van der Waals surface area (Å²) in [4.78, 5) is 16.7. The average molecular weight is 255 g/mol. The molecule has 0 spiro atoms. The molecule has 1 amide bonds. The van der Waals surface area contributed by atoms with E-state index in [1.165, 1.54) is 0 Å². The topological polar surface area (TPSA) is 35.6 Å². The van der Waals surface area contributed by atoms with Gasteiger partial charge >= 0.3 is 0 Å². The fourth-order valence-electron chi connectivity index (χ4n) is 2.41. The Balaban J connectivity index is 2.59. The van der Waals surface area contributed by atoms with Gasteiger partial charge in [0.1, 0.15) is 0 Å². The third-order valence-electron chi connectivity index (χ3n) is 3.51. The normalized spacial score (nSPS) is 23.9. The molecule has 1 aliphatic rings. The van der Waals surface area contributed by atoms with E-state index < -0.39 is 0 Å². The van der Waals surface area contributed by atoms with Gasteiger partial charge in [-0.1, -0.05) is 20.8 Å². The van der Waals surface area contributed by atoms with E-state index in [4.69, 9.17) is 0 Å². The molecule has 0 saturated carbocycles. The van der Waals surface area contributed by atoms with Crippen LogP contribution in [0.1, 0.15) is 27.2 Å². The number of nitrogens with one attached hydrogen (secondary N) is 1. The summed E-state index contributed by atoms with van der Waals surface area (Å²) in [7, 11) is 4.10. The molecular weight excluding hydrogens is 226 g/mol. The molecular formula is C14H29N3O. The van der Waals surface area contributed by atoms with Gasteiger partial charge in [0.15, 0.2) is 0 Å². The fourth-order valence-corrected chi connectivity index (χ4v) is 2.41. The number of hydrogen-bond donors (Lipinski definition) is 1. The van der Waals surface area contributed by atoms with E-state index in [-0.39, 0.29) is 11.9 Å². The first-order valence-electron chi connectivity index (χ1n) is 7.08. The van der Waals surface area contributed by atoms with Crippen LogP contribution >= 0.6 is 0 Å². The van der Waals surface area contributed by atoms with Crippen molar-refractivity contribution in [3.05, 3.63) is 0 Å². The summed E-state index contributed by atoms with van der Waals surface area (Å²) in [5.74, 6) is 1.27. The SMILES string of the molecule is CC(C)CN(CCN(C)C)C(=O)C1NCCC1C. The number of hydrogen-bond acceptors (Lipinski definition) is 3. The van der Waals surface area contributed by atoms with E-state index in [9.17, 15) is 4.79 Å². The molecule has 2 atom stereocenters. The molecule has 0 aromatic rings. The van der Waals surface area contributed by atoms with Crippen LogP contribution in [0, 0.1) is 11.8 Å². The molecule has 2 unspecified atom stereocenters. The number of carbonyl (C=O) groups excluding carboxylic acids is 1. The van der Waals surface area contributed by atoms with Crippen LogP contribution in [-0.4, -0.2) is 62.0 Å². The maximum atomic E-state index is 12.5. The number of amides is 1. The molecule has 1 fully saturated rings. The van der Waals surface area contributed by atoms with Crippen molar-refractivity contribution in [3.63, 3.8) is 0 Å². The summed E-state index contributed by atoms with van der Waals surface area (Å²) in [5.41, 5.74) is 0. The molecule has 106 valence electrons. The second-order valence-electron chi connectivity index (χ2n) is 6.18. The number of nitrogens with zero attached hydrogens (tertiary/aromatic N) is 2. The molecule has 4 nitrogen and oxygen atoms in total. The van der Waals surface area contributed by atoms with Crippen molar-refractivity contribution < 1.29 is 4.79 Å². The highest BCUT2D eigenvalue weighted by atomic mass is 16.2. The van der Waals surface area contributed by atoms with Crippen molar-refractivity contribution in [2.75, 3.05) is 40.3 Å². The van der Waals surface area contributed by atoms with Gasteiger partial charge in [-0.3, -0.25) is 4.79 Å². The Morgan fingerprint density at radius 3 is 2.44 bits per heavy atom. The maximum absolute atomic E-state index is 12.5. The molecule has 0 bridgehead atoms. The van der Waals surface area contributed by atoms with E-state index in [1.54, 1.807) is 0 Å². The summed E-state index contributed by atoms with van der Waals surface area (Å²) in [6.07, 6.45) is 1.11. The van der Waals surface area contributed by atoms with E-state index >= 15 is 0 Å². The lowest BCUT2D eigenvalue weighted by Crippen LogP contribution is -2.49. The van der Waals surface area contributed by atoms with Gasteiger partial charge in [-0.05, 0) is 38.9 Å². The molecule has 0 aliphatic carbocycles. The largest absolute Gasteiger partial charge is 0.340 e. The van der Waals surface area contributed by atoms with Gasteiger partial charge in [-0.2, -0.15) is 0 Å². The molecule has 1 heterocycles. The van der Waals surface area contributed by atoms with Gasteiger partial charge < -0.3 is 15.1 Å². The van der Waals surface area contributed by atoms with Crippen molar-refractivity contribution in [2.24, 2.45) is 11.8 Å². The molecule has 1 N–H and O–H groups in total. The molecule has 18 heavy (non-hydrogen) atoms. The van der Waals surface area contributed by atoms with Gasteiger partial charge in [0, 0.05) is 19.6 Å². The third kappa shape index (κ3) is 4.58. The number of rotatable bonds is 6. The Bertz CT molecular complexity index is 266. The second kappa shape index (κ2) is 7.10. The lowest BCUT2D eigenvalue weighted by atomic mass is 10.0. The van der Waals surface area contributed by atoms with Gasteiger partial charge in [0.05, 0.1) is 6.04 Å². The van der Waals surface area contributed by atoms with Crippen molar-refractivity contribution >= 4 is 5.91 Å². The smallest absolute Gasteiger partial charge is 0.240 e. The predicted octanol–water partition coefficient (Wildman–Crippen LogP) is 1.03. The fraction of sp³-hybridized carbons (Fsp3) is 0.929. The van der Waals surface area contributed by atoms with Crippen LogP contribution in [0.25, 0.3) is 0 Å². The first-order valence-corrected chi connectivity index (χ1v) is 7.08. The van der Waals surface area contributed by atoms with Crippen molar-refractivity contribution in [3.8, 4) is 0 Å². The van der Waals surface area contributed by atoms with Crippen LogP contribution < -0.4 is 5.32 Å². The Morgan fingerprint density at radius 2 is 2.00 bits per heavy atom. The Labute approximate surface area is 112 Å².